The molecule has 2 unspecified atom stereocenters. The number of hydrogen-bond acceptors (Lipinski definition) is 2. The zero-order chi connectivity index (χ0) is 9.40. The highest BCUT2D eigenvalue weighted by Crippen LogP contribution is 1.97. The van der Waals surface area contributed by atoms with Crippen molar-refractivity contribution in [1.82, 2.24) is 5.32 Å². The maximum atomic E-state index is 10.7. The van der Waals surface area contributed by atoms with E-state index in [4.69, 9.17) is 0 Å². The molecule has 3 heteroatoms. The second kappa shape index (κ2) is 7.74. The van der Waals surface area contributed by atoms with Crippen LogP contribution in [0.5, 0.6) is 0 Å². The Morgan fingerprint density at radius 3 is 2.67 bits per heavy atom. The largest absolute Gasteiger partial charge is 0.314 e. The molecule has 0 bridgehead atoms. The molecule has 0 aromatic heterocycles. The van der Waals surface area contributed by atoms with Crippen molar-refractivity contribution in [1.29, 1.82) is 0 Å². The van der Waals surface area contributed by atoms with E-state index in [-0.39, 0.29) is 0 Å². The lowest BCUT2D eigenvalue weighted by Gasteiger charge is -2.11. The maximum Gasteiger partial charge on any atom is 0.0232 e. The molecular formula is C9H21NOS. The summed E-state index contributed by atoms with van der Waals surface area (Å²) in [5, 5.41) is 3.41. The molecule has 0 saturated carbocycles. The van der Waals surface area contributed by atoms with E-state index in [2.05, 4.69) is 19.2 Å². The molecule has 2 nitrogen and oxygen atoms in total. The van der Waals surface area contributed by atoms with Gasteiger partial charge in [0.2, 0.25) is 0 Å². The first-order valence-electron chi connectivity index (χ1n) is 4.70. The molecule has 0 aliphatic rings. The highest BCUT2D eigenvalue weighted by molar-refractivity contribution is 7.84. The molecule has 0 spiro atoms. The smallest absolute Gasteiger partial charge is 0.0232 e. The van der Waals surface area contributed by atoms with E-state index in [1.54, 1.807) is 6.26 Å². The van der Waals surface area contributed by atoms with Gasteiger partial charge in [-0.25, -0.2) is 0 Å². The van der Waals surface area contributed by atoms with Crippen molar-refractivity contribution in [3.63, 3.8) is 0 Å². The van der Waals surface area contributed by atoms with Gasteiger partial charge in [0, 0.05) is 28.9 Å². The standard InChI is InChI=1S/C9H21NOS/c1-4-7-10-9(2)6-5-8-12(3)11/h9-10H,4-8H2,1-3H3. The summed E-state index contributed by atoms with van der Waals surface area (Å²) in [6, 6.07) is 0.577. The molecular weight excluding hydrogens is 170 g/mol. The van der Waals surface area contributed by atoms with Gasteiger partial charge in [0.1, 0.15) is 0 Å². The minimum Gasteiger partial charge on any atom is -0.314 e. The summed E-state index contributed by atoms with van der Waals surface area (Å²) >= 11 is 0. The fraction of sp³-hybridized carbons (Fsp3) is 1.00. The molecule has 74 valence electrons. The molecule has 0 aromatic rings. The van der Waals surface area contributed by atoms with Crippen LogP contribution in [0.4, 0.5) is 0 Å². The van der Waals surface area contributed by atoms with Gasteiger partial charge in [-0.15, -0.1) is 0 Å². The number of nitrogens with one attached hydrogen (secondary N) is 1. The lowest BCUT2D eigenvalue weighted by atomic mass is 10.2. The van der Waals surface area contributed by atoms with Crippen LogP contribution >= 0.6 is 0 Å². The van der Waals surface area contributed by atoms with Gasteiger partial charge in [-0.05, 0) is 32.7 Å². The van der Waals surface area contributed by atoms with Gasteiger partial charge >= 0.3 is 0 Å². The van der Waals surface area contributed by atoms with Crippen molar-refractivity contribution in [2.45, 2.75) is 39.2 Å². The quantitative estimate of drug-likeness (QED) is 0.661. The number of hydrogen-bond donors (Lipinski definition) is 1. The molecule has 0 aliphatic carbocycles. The zero-order valence-corrected chi connectivity index (χ0v) is 9.25. The van der Waals surface area contributed by atoms with Crippen molar-refractivity contribution in [3.05, 3.63) is 0 Å². The third-order valence-electron chi connectivity index (χ3n) is 1.81. The first-order chi connectivity index (χ1) is 5.66. The van der Waals surface area contributed by atoms with Crippen molar-refractivity contribution in [2.24, 2.45) is 0 Å². The third kappa shape index (κ3) is 8.21. The Morgan fingerprint density at radius 2 is 2.17 bits per heavy atom. The molecule has 2 atom stereocenters. The fourth-order valence-electron chi connectivity index (χ4n) is 1.09. The monoisotopic (exact) mass is 191 g/mol. The summed E-state index contributed by atoms with van der Waals surface area (Å²) in [5.41, 5.74) is 0. The van der Waals surface area contributed by atoms with Crippen LogP contribution in [0.3, 0.4) is 0 Å². The minimum absolute atomic E-state index is 0.577. The highest BCUT2D eigenvalue weighted by atomic mass is 32.2. The summed E-state index contributed by atoms with van der Waals surface area (Å²) < 4.78 is 10.7. The van der Waals surface area contributed by atoms with Crippen molar-refractivity contribution >= 4 is 10.8 Å². The number of rotatable bonds is 7. The molecule has 0 aliphatic heterocycles. The van der Waals surface area contributed by atoms with Crippen LogP contribution in [0, 0.1) is 0 Å². The Kier molecular flexibility index (Phi) is 7.81. The lowest BCUT2D eigenvalue weighted by molar-refractivity contribution is 0.509. The summed E-state index contributed by atoms with van der Waals surface area (Å²) in [6.45, 7) is 5.45. The average Bonchev–Trinajstić information content (AvgIpc) is 2.00. The van der Waals surface area contributed by atoms with Crippen LogP contribution < -0.4 is 5.32 Å². The Morgan fingerprint density at radius 1 is 1.50 bits per heavy atom. The van der Waals surface area contributed by atoms with E-state index in [9.17, 15) is 4.21 Å². The predicted molar refractivity (Wildman–Crippen MR) is 55.9 cm³/mol. The Bertz CT molecular complexity index is 128. The Labute approximate surface area is 78.6 Å². The molecule has 0 amide bonds. The topological polar surface area (TPSA) is 29.1 Å². The van der Waals surface area contributed by atoms with Crippen LogP contribution in [0.15, 0.2) is 0 Å². The van der Waals surface area contributed by atoms with Gasteiger partial charge in [0.25, 0.3) is 0 Å². The zero-order valence-electron chi connectivity index (χ0n) is 8.43. The van der Waals surface area contributed by atoms with Gasteiger partial charge in [-0.1, -0.05) is 6.92 Å². The molecule has 1 N–H and O–H groups in total. The van der Waals surface area contributed by atoms with Gasteiger partial charge in [-0.3, -0.25) is 4.21 Å². The van der Waals surface area contributed by atoms with Crippen LogP contribution in [0.2, 0.25) is 0 Å². The molecule has 12 heavy (non-hydrogen) atoms. The first-order valence-corrected chi connectivity index (χ1v) is 6.43. The van der Waals surface area contributed by atoms with Crippen LogP contribution in [0.25, 0.3) is 0 Å². The summed E-state index contributed by atoms with van der Waals surface area (Å²) in [6.07, 6.45) is 5.16. The maximum absolute atomic E-state index is 10.7. The first kappa shape index (κ1) is 12.1. The van der Waals surface area contributed by atoms with Crippen molar-refractivity contribution in [2.75, 3.05) is 18.6 Å². The van der Waals surface area contributed by atoms with E-state index in [1.165, 1.54) is 6.42 Å². The molecule has 0 fully saturated rings. The average molecular weight is 191 g/mol. The Balaban J connectivity index is 3.19. The van der Waals surface area contributed by atoms with Crippen molar-refractivity contribution < 1.29 is 4.21 Å². The Hall–Kier alpha value is 0.110. The summed E-state index contributed by atoms with van der Waals surface area (Å²) in [4.78, 5) is 0. The van der Waals surface area contributed by atoms with Crippen LogP contribution in [0.1, 0.15) is 33.1 Å². The molecule has 0 heterocycles. The van der Waals surface area contributed by atoms with Crippen LogP contribution in [-0.4, -0.2) is 28.8 Å². The molecule has 0 rings (SSSR count). The normalized spacial score (nSPS) is 15.9. The molecule has 0 aromatic carbocycles. The minimum atomic E-state index is -0.615. The lowest BCUT2D eigenvalue weighted by Crippen LogP contribution is -2.26. The predicted octanol–water partition coefficient (Wildman–Crippen LogP) is 1.53. The van der Waals surface area contributed by atoms with Gasteiger partial charge < -0.3 is 5.32 Å². The highest BCUT2D eigenvalue weighted by Gasteiger charge is 2.00. The van der Waals surface area contributed by atoms with Crippen molar-refractivity contribution in [3.8, 4) is 0 Å². The summed E-state index contributed by atoms with van der Waals surface area (Å²) in [5.74, 6) is 0.845. The van der Waals surface area contributed by atoms with E-state index < -0.39 is 10.8 Å². The van der Waals surface area contributed by atoms with Gasteiger partial charge in [0.15, 0.2) is 0 Å². The van der Waals surface area contributed by atoms with E-state index in [0.29, 0.717) is 6.04 Å². The van der Waals surface area contributed by atoms with E-state index in [1.807, 2.05) is 0 Å². The van der Waals surface area contributed by atoms with Gasteiger partial charge in [0.05, 0.1) is 0 Å². The third-order valence-corrected chi connectivity index (χ3v) is 2.68. The van der Waals surface area contributed by atoms with E-state index >= 15 is 0 Å². The fourth-order valence-corrected chi connectivity index (χ4v) is 1.66. The second-order valence-corrected chi connectivity index (χ2v) is 4.83. The second-order valence-electron chi connectivity index (χ2n) is 3.27. The molecule has 0 radical (unpaired) electrons. The molecule has 0 saturated heterocycles. The van der Waals surface area contributed by atoms with Gasteiger partial charge in [-0.2, -0.15) is 0 Å². The summed E-state index contributed by atoms with van der Waals surface area (Å²) in [7, 11) is -0.615. The SMILES string of the molecule is CCCNC(C)CCCS(C)=O. The van der Waals surface area contributed by atoms with E-state index in [0.717, 1.165) is 25.1 Å². The van der Waals surface area contributed by atoms with Crippen LogP contribution in [-0.2, 0) is 10.8 Å².